The fourth-order valence-corrected chi connectivity index (χ4v) is 4.13. The summed E-state index contributed by atoms with van der Waals surface area (Å²) in [6.45, 7) is 0. The van der Waals surface area contributed by atoms with Crippen molar-refractivity contribution in [1.82, 2.24) is 0 Å². The van der Waals surface area contributed by atoms with Crippen LogP contribution in [0.2, 0.25) is 0 Å². The fraction of sp³-hybridized carbons (Fsp3) is 0. The molecule has 0 aromatic heterocycles. The van der Waals surface area contributed by atoms with Crippen molar-refractivity contribution in [1.29, 1.82) is 0 Å². The quantitative estimate of drug-likeness (QED) is 0.333. The van der Waals surface area contributed by atoms with Gasteiger partial charge >= 0.3 is 29.6 Å². The van der Waals surface area contributed by atoms with Gasteiger partial charge in [-0.05, 0) is 35.4 Å². The molecule has 32 heavy (non-hydrogen) atoms. The van der Waals surface area contributed by atoms with Crippen LogP contribution in [0, 0.1) is 5.82 Å². The molecule has 0 fully saturated rings. The van der Waals surface area contributed by atoms with Gasteiger partial charge in [0.1, 0.15) is 15.8 Å². The van der Waals surface area contributed by atoms with Crippen LogP contribution in [0.1, 0.15) is 15.9 Å². The van der Waals surface area contributed by atoms with Crippen LogP contribution in [-0.4, -0.2) is 14.2 Å². The maximum atomic E-state index is 13.2. The number of ketones is 1. The predicted octanol–water partition coefficient (Wildman–Crippen LogP) is 3.12. The monoisotopic (exact) mass is 453 g/mol. The first-order chi connectivity index (χ1) is 14.9. The number of carbonyl (C=O) groups is 1. The standard InChI is InChI=1S/C25H18FNO3S.Na/c26-22-13-9-18(10-14-22)21-7-4-8-24(17-21)31(29,30)27-23-15-11-20(12-16-23)25(28)19-5-2-1-3-6-19;/h1-17H,(H,27,28);/q;+1/p-1. The minimum Gasteiger partial charge on any atom is -0.573 e. The molecular formula is C25H17FNNaO3S. The molecule has 4 nitrogen and oxygen atoms in total. The van der Waals surface area contributed by atoms with Gasteiger partial charge in [0.25, 0.3) is 0 Å². The molecule has 0 saturated carbocycles. The van der Waals surface area contributed by atoms with E-state index in [0.29, 0.717) is 22.3 Å². The average Bonchev–Trinajstić information content (AvgIpc) is 2.80. The number of sulfonamides is 1. The van der Waals surface area contributed by atoms with Crippen molar-refractivity contribution in [3.63, 3.8) is 0 Å². The fourth-order valence-electron chi connectivity index (χ4n) is 3.10. The Morgan fingerprint density at radius 1 is 0.688 bits per heavy atom. The number of hydrogen-bond acceptors (Lipinski definition) is 3. The number of rotatable bonds is 6. The van der Waals surface area contributed by atoms with Crippen LogP contribution in [0.25, 0.3) is 15.8 Å². The van der Waals surface area contributed by atoms with Gasteiger partial charge in [-0.2, -0.15) is 0 Å². The van der Waals surface area contributed by atoms with Gasteiger partial charge in [0.15, 0.2) is 5.78 Å². The third-order valence-corrected chi connectivity index (χ3v) is 6.00. The average molecular weight is 453 g/mol. The number of benzene rings is 4. The van der Waals surface area contributed by atoms with Crippen LogP contribution in [-0.2, 0) is 10.0 Å². The van der Waals surface area contributed by atoms with E-state index in [1.165, 1.54) is 36.4 Å². The second-order valence-corrected chi connectivity index (χ2v) is 8.45. The van der Waals surface area contributed by atoms with Crippen LogP contribution in [0.4, 0.5) is 10.1 Å². The first kappa shape index (κ1) is 23.9. The molecule has 0 aliphatic carbocycles. The van der Waals surface area contributed by atoms with Gasteiger partial charge in [-0.3, -0.25) is 4.79 Å². The van der Waals surface area contributed by atoms with Gasteiger partial charge in [-0.15, -0.1) is 5.69 Å². The summed E-state index contributed by atoms with van der Waals surface area (Å²) in [6.07, 6.45) is 0. The maximum Gasteiger partial charge on any atom is 1.00 e. The summed E-state index contributed by atoms with van der Waals surface area (Å²) >= 11 is 0. The Labute approximate surface area is 208 Å². The zero-order valence-corrected chi connectivity index (χ0v) is 20.1. The molecule has 0 spiro atoms. The Bertz CT molecular complexity index is 1320. The third-order valence-electron chi connectivity index (χ3n) is 4.70. The smallest absolute Gasteiger partial charge is 0.573 e. The zero-order valence-electron chi connectivity index (χ0n) is 17.3. The van der Waals surface area contributed by atoms with Crippen LogP contribution < -0.4 is 29.6 Å². The molecule has 0 amide bonds. The van der Waals surface area contributed by atoms with Crippen molar-refractivity contribution in [2.24, 2.45) is 0 Å². The van der Waals surface area contributed by atoms with E-state index in [4.69, 9.17) is 0 Å². The molecule has 0 radical (unpaired) electrons. The van der Waals surface area contributed by atoms with E-state index < -0.39 is 10.0 Å². The van der Waals surface area contributed by atoms with Gasteiger partial charge < -0.3 is 4.72 Å². The van der Waals surface area contributed by atoms with E-state index in [1.807, 2.05) is 6.07 Å². The first-order valence-electron chi connectivity index (χ1n) is 9.46. The molecule has 0 atom stereocenters. The molecule has 154 valence electrons. The van der Waals surface area contributed by atoms with E-state index >= 15 is 0 Å². The van der Waals surface area contributed by atoms with E-state index in [2.05, 4.69) is 4.72 Å². The summed E-state index contributed by atoms with van der Waals surface area (Å²) in [6, 6.07) is 27.1. The topological polar surface area (TPSA) is 65.3 Å². The van der Waals surface area contributed by atoms with E-state index in [9.17, 15) is 17.6 Å². The number of halogens is 1. The van der Waals surface area contributed by atoms with E-state index in [-0.39, 0.29) is 51.7 Å². The number of carbonyl (C=O) groups excluding carboxylic acids is 1. The van der Waals surface area contributed by atoms with Crippen molar-refractivity contribution in [3.05, 3.63) is 125 Å². The zero-order chi connectivity index (χ0) is 21.8. The Morgan fingerprint density at radius 2 is 1.31 bits per heavy atom. The molecule has 0 aliphatic rings. The minimum absolute atomic E-state index is 0. The molecule has 7 heteroatoms. The molecule has 0 unspecified atom stereocenters. The summed E-state index contributed by atoms with van der Waals surface area (Å²) in [7, 11) is -3.97. The Hall–Kier alpha value is -2.77. The summed E-state index contributed by atoms with van der Waals surface area (Å²) < 4.78 is 42.6. The molecule has 0 heterocycles. The van der Waals surface area contributed by atoms with Crippen molar-refractivity contribution in [3.8, 4) is 11.1 Å². The van der Waals surface area contributed by atoms with Crippen LogP contribution in [0.5, 0.6) is 0 Å². The molecule has 0 saturated heterocycles. The molecular weight excluding hydrogens is 436 g/mol. The second-order valence-electron chi connectivity index (χ2n) is 6.84. The van der Waals surface area contributed by atoms with Gasteiger partial charge in [0.05, 0.1) is 4.90 Å². The second kappa shape index (κ2) is 10.2. The molecule has 0 bridgehead atoms. The number of hydrogen-bond donors (Lipinski definition) is 0. The summed E-state index contributed by atoms with van der Waals surface area (Å²) in [5, 5.41) is 0. The minimum atomic E-state index is -3.97. The van der Waals surface area contributed by atoms with Crippen LogP contribution >= 0.6 is 0 Å². The molecule has 0 N–H and O–H groups in total. The van der Waals surface area contributed by atoms with Gasteiger partial charge in [-0.1, -0.05) is 78.9 Å². The predicted molar refractivity (Wildman–Crippen MR) is 118 cm³/mol. The van der Waals surface area contributed by atoms with Crippen molar-refractivity contribution < 1.29 is 47.2 Å². The summed E-state index contributed by atoms with van der Waals surface area (Å²) in [5.41, 5.74) is 2.55. The SMILES string of the molecule is O=C(c1ccccc1)c1ccc([N-]S(=O)(=O)c2cccc(-c3ccc(F)cc3)c2)cc1.[Na+]. The van der Waals surface area contributed by atoms with Gasteiger partial charge in [0, 0.05) is 11.1 Å². The Balaban J connectivity index is 0.00000289. The summed E-state index contributed by atoms with van der Waals surface area (Å²) in [4.78, 5) is 12.5. The van der Waals surface area contributed by atoms with Crippen molar-refractivity contribution in [2.45, 2.75) is 4.90 Å². The van der Waals surface area contributed by atoms with Crippen molar-refractivity contribution >= 4 is 21.5 Å². The van der Waals surface area contributed by atoms with Gasteiger partial charge in [0.2, 0.25) is 0 Å². The molecule has 4 rings (SSSR count). The van der Waals surface area contributed by atoms with E-state index in [0.717, 1.165) is 0 Å². The molecule has 4 aromatic rings. The number of nitrogens with zero attached hydrogens (tertiary/aromatic N) is 1. The molecule has 0 aliphatic heterocycles. The van der Waals surface area contributed by atoms with Crippen molar-refractivity contribution in [2.75, 3.05) is 0 Å². The van der Waals surface area contributed by atoms with E-state index in [1.54, 1.807) is 60.7 Å². The largest absolute Gasteiger partial charge is 1.00 e. The van der Waals surface area contributed by atoms with Crippen LogP contribution in [0.15, 0.2) is 108 Å². The molecule has 4 aromatic carbocycles. The van der Waals surface area contributed by atoms with Crippen LogP contribution in [0.3, 0.4) is 0 Å². The Morgan fingerprint density at radius 3 is 1.97 bits per heavy atom. The first-order valence-corrected chi connectivity index (χ1v) is 10.9. The van der Waals surface area contributed by atoms with Gasteiger partial charge in [-0.25, -0.2) is 12.8 Å². The normalized spacial score (nSPS) is 10.8. The third kappa shape index (κ3) is 5.53. The Kier molecular flexibility index (Phi) is 7.64. The maximum absolute atomic E-state index is 13.2. The summed E-state index contributed by atoms with van der Waals surface area (Å²) in [5.74, 6) is -0.515.